The normalized spacial score (nSPS) is 25.0. The summed E-state index contributed by atoms with van der Waals surface area (Å²) in [6.07, 6.45) is 8.11. The molecule has 2 aliphatic heterocycles. The molecule has 3 heterocycles. The third-order valence-corrected chi connectivity index (χ3v) is 5.51. The highest BCUT2D eigenvalue weighted by Gasteiger charge is 2.37. The predicted octanol–water partition coefficient (Wildman–Crippen LogP) is 2.12. The Kier molecular flexibility index (Phi) is 5.17. The molecule has 3 fully saturated rings. The summed E-state index contributed by atoms with van der Waals surface area (Å²) >= 11 is 0. The second-order valence-corrected chi connectivity index (χ2v) is 7.45. The molecule has 2 saturated heterocycles. The number of hydrogen-bond donors (Lipinski definition) is 1. The van der Waals surface area contributed by atoms with Gasteiger partial charge in [0, 0.05) is 25.7 Å². The van der Waals surface area contributed by atoms with Gasteiger partial charge in [0.1, 0.15) is 5.82 Å². The molecular formula is C19H28N4O2. The van der Waals surface area contributed by atoms with Crippen LogP contribution in [0, 0.1) is 5.92 Å². The first kappa shape index (κ1) is 16.8. The van der Waals surface area contributed by atoms with Gasteiger partial charge >= 0.3 is 0 Å². The number of nitrogens with zero attached hydrogens (tertiary/aromatic N) is 3. The van der Waals surface area contributed by atoms with Crippen molar-refractivity contribution in [3.05, 3.63) is 18.3 Å². The van der Waals surface area contributed by atoms with Crippen LogP contribution in [0.25, 0.3) is 0 Å². The van der Waals surface area contributed by atoms with E-state index in [-0.39, 0.29) is 5.91 Å². The number of morpholine rings is 1. The molecule has 0 aromatic carbocycles. The Bertz CT molecular complexity index is 582. The van der Waals surface area contributed by atoms with Crippen LogP contribution in [0.15, 0.2) is 18.3 Å². The van der Waals surface area contributed by atoms with E-state index in [1.165, 1.54) is 32.1 Å². The third-order valence-electron chi connectivity index (χ3n) is 5.51. The molecule has 0 radical (unpaired) electrons. The van der Waals surface area contributed by atoms with Crippen molar-refractivity contribution in [2.75, 3.05) is 49.6 Å². The number of ether oxygens (including phenoxy) is 1. The molecule has 136 valence electrons. The van der Waals surface area contributed by atoms with Crippen molar-refractivity contribution < 1.29 is 9.53 Å². The maximum atomic E-state index is 12.4. The second-order valence-electron chi connectivity index (χ2n) is 7.45. The van der Waals surface area contributed by atoms with E-state index in [2.05, 4.69) is 20.1 Å². The van der Waals surface area contributed by atoms with Gasteiger partial charge in [0.25, 0.3) is 0 Å². The van der Waals surface area contributed by atoms with Gasteiger partial charge in [-0.15, -0.1) is 0 Å². The predicted molar refractivity (Wildman–Crippen MR) is 97.8 cm³/mol. The second kappa shape index (κ2) is 7.70. The number of pyridine rings is 1. The topological polar surface area (TPSA) is 57.7 Å². The first-order valence-corrected chi connectivity index (χ1v) is 9.62. The number of nitrogens with one attached hydrogen (secondary N) is 1. The van der Waals surface area contributed by atoms with Crippen molar-refractivity contribution in [2.24, 2.45) is 5.92 Å². The molecule has 0 spiro atoms. The van der Waals surface area contributed by atoms with E-state index in [1.807, 2.05) is 12.1 Å². The Balaban J connectivity index is 1.31. The molecule has 25 heavy (non-hydrogen) atoms. The highest BCUT2D eigenvalue weighted by atomic mass is 16.5. The van der Waals surface area contributed by atoms with Crippen molar-refractivity contribution in [1.82, 2.24) is 9.88 Å². The summed E-state index contributed by atoms with van der Waals surface area (Å²) < 4.78 is 5.60. The van der Waals surface area contributed by atoms with Crippen molar-refractivity contribution in [3.8, 4) is 0 Å². The van der Waals surface area contributed by atoms with Crippen molar-refractivity contribution in [2.45, 2.75) is 38.1 Å². The van der Waals surface area contributed by atoms with Gasteiger partial charge in [0.2, 0.25) is 5.91 Å². The number of carbonyl (C=O) groups excluding carboxylic acids is 1. The van der Waals surface area contributed by atoms with Gasteiger partial charge in [-0.3, -0.25) is 9.69 Å². The lowest BCUT2D eigenvalue weighted by Gasteiger charge is -2.35. The maximum absolute atomic E-state index is 12.4. The van der Waals surface area contributed by atoms with E-state index < -0.39 is 0 Å². The van der Waals surface area contributed by atoms with Gasteiger partial charge < -0.3 is 15.0 Å². The first-order chi connectivity index (χ1) is 12.3. The molecule has 4 rings (SSSR count). The lowest BCUT2D eigenvalue weighted by atomic mass is 10.1. The highest BCUT2D eigenvalue weighted by Crippen LogP contribution is 2.36. The summed E-state index contributed by atoms with van der Waals surface area (Å²) in [6, 6.07) is 4.40. The van der Waals surface area contributed by atoms with Crippen molar-refractivity contribution in [1.29, 1.82) is 0 Å². The number of carbonyl (C=O) groups is 1. The highest BCUT2D eigenvalue weighted by molar-refractivity contribution is 5.92. The monoisotopic (exact) mass is 344 g/mol. The van der Waals surface area contributed by atoms with Crippen LogP contribution >= 0.6 is 0 Å². The lowest BCUT2D eigenvalue weighted by Crippen LogP contribution is -2.49. The number of anilines is 2. The van der Waals surface area contributed by atoms with Crippen molar-refractivity contribution >= 4 is 17.4 Å². The minimum atomic E-state index is 0.0417. The Hall–Kier alpha value is -1.66. The van der Waals surface area contributed by atoms with Crippen LogP contribution < -0.4 is 10.2 Å². The molecule has 6 heteroatoms. The fraction of sp³-hybridized carbons (Fsp3) is 0.684. The van der Waals surface area contributed by atoms with Gasteiger partial charge in [0.05, 0.1) is 31.6 Å². The van der Waals surface area contributed by atoms with E-state index in [9.17, 15) is 4.79 Å². The summed E-state index contributed by atoms with van der Waals surface area (Å²) in [4.78, 5) is 21.6. The largest absolute Gasteiger partial charge is 0.378 e. The smallest absolute Gasteiger partial charge is 0.238 e. The molecule has 3 aliphatic rings. The number of hydrogen-bond acceptors (Lipinski definition) is 5. The van der Waals surface area contributed by atoms with Crippen molar-refractivity contribution in [3.63, 3.8) is 0 Å². The average Bonchev–Trinajstić information content (AvgIpc) is 3.49. The van der Waals surface area contributed by atoms with Gasteiger partial charge in [0.15, 0.2) is 0 Å². The van der Waals surface area contributed by atoms with Crippen LogP contribution in [0.4, 0.5) is 11.5 Å². The molecule has 0 bridgehead atoms. The zero-order chi connectivity index (χ0) is 17.1. The van der Waals surface area contributed by atoms with E-state index in [0.29, 0.717) is 12.6 Å². The number of rotatable bonds is 5. The van der Waals surface area contributed by atoms with Crippen LogP contribution in [0.3, 0.4) is 0 Å². The summed E-state index contributed by atoms with van der Waals surface area (Å²) in [5.41, 5.74) is 0.780. The Morgan fingerprint density at radius 1 is 1.20 bits per heavy atom. The number of piperidine rings is 1. The summed E-state index contributed by atoms with van der Waals surface area (Å²) in [7, 11) is 0. The zero-order valence-corrected chi connectivity index (χ0v) is 14.8. The zero-order valence-electron chi connectivity index (χ0n) is 14.8. The van der Waals surface area contributed by atoms with Crippen LogP contribution in [-0.2, 0) is 9.53 Å². The van der Waals surface area contributed by atoms with Gasteiger partial charge in [-0.05, 0) is 50.2 Å². The Morgan fingerprint density at radius 2 is 2.04 bits per heavy atom. The summed E-state index contributed by atoms with van der Waals surface area (Å²) in [6.45, 7) is 4.95. The van der Waals surface area contributed by atoms with E-state index in [0.717, 1.165) is 50.3 Å². The molecule has 0 unspecified atom stereocenters. The van der Waals surface area contributed by atoms with E-state index >= 15 is 0 Å². The fourth-order valence-electron chi connectivity index (χ4n) is 3.92. The summed E-state index contributed by atoms with van der Waals surface area (Å²) in [5, 5.41) is 3.00. The lowest BCUT2D eigenvalue weighted by molar-refractivity contribution is -0.120. The molecule has 1 N–H and O–H groups in total. The molecule has 1 aliphatic carbocycles. The van der Waals surface area contributed by atoms with E-state index in [1.54, 1.807) is 6.20 Å². The standard InChI is InChI=1S/C19H28N4O2/c24-19(13-23-10-11-25-14-17(23)15-4-5-15)21-16-6-7-18(20-12-16)22-8-2-1-3-9-22/h6-7,12,15,17H,1-5,8-11,13-14H2,(H,21,24)/t17-/m0/s1. The minimum Gasteiger partial charge on any atom is -0.378 e. The fourth-order valence-corrected chi connectivity index (χ4v) is 3.92. The van der Waals surface area contributed by atoms with Crippen LogP contribution in [0.5, 0.6) is 0 Å². The quantitative estimate of drug-likeness (QED) is 0.887. The maximum Gasteiger partial charge on any atom is 0.238 e. The average molecular weight is 344 g/mol. The minimum absolute atomic E-state index is 0.0417. The van der Waals surface area contributed by atoms with Crippen LogP contribution in [0.1, 0.15) is 32.1 Å². The Labute approximate surface area is 149 Å². The van der Waals surface area contributed by atoms with Gasteiger partial charge in [-0.2, -0.15) is 0 Å². The molecule has 1 atom stereocenters. The number of amides is 1. The SMILES string of the molecule is O=C(CN1CCOC[C@H]1C1CC1)Nc1ccc(N2CCCCC2)nc1. The third kappa shape index (κ3) is 4.30. The molecule has 1 saturated carbocycles. The number of aromatic nitrogens is 1. The Morgan fingerprint density at radius 3 is 2.76 bits per heavy atom. The first-order valence-electron chi connectivity index (χ1n) is 9.62. The van der Waals surface area contributed by atoms with Gasteiger partial charge in [-0.1, -0.05) is 0 Å². The molecule has 1 aromatic heterocycles. The summed E-state index contributed by atoms with van der Waals surface area (Å²) in [5.74, 6) is 1.78. The molecule has 1 aromatic rings. The van der Waals surface area contributed by atoms with Crippen LogP contribution in [-0.4, -0.2) is 61.2 Å². The molecular weight excluding hydrogens is 316 g/mol. The molecule has 1 amide bonds. The van der Waals surface area contributed by atoms with Gasteiger partial charge in [-0.25, -0.2) is 4.98 Å². The van der Waals surface area contributed by atoms with Crippen LogP contribution in [0.2, 0.25) is 0 Å². The molecule has 6 nitrogen and oxygen atoms in total. The van der Waals surface area contributed by atoms with E-state index in [4.69, 9.17) is 4.74 Å².